The molecular formula is C15H20BrFN2O. The van der Waals surface area contributed by atoms with Crippen molar-refractivity contribution in [3.63, 3.8) is 0 Å². The Labute approximate surface area is 127 Å². The number of carbonyl (C=O) groups excluding carboxylic acids is 1. The lowest BCUT2D eigenvalue weighted by Gasteiger charge is -2.18. The summed E-state index contributed by atoms with van der Waals surface area (Å²) in [5, 5.41) is 3.21. The maximum atomic E-state index is 13.7. The molecule has 1 N–H and O–H groups in total. The van der Waals surface area contributed by atoms with Gasteiger partial charge in [0.2, 0.25) is 5.91 Å². The third-order valence-electron chi connectivity index (χ3n) is 3.67. The Hall–Kier alpha value is -0.940. The summed E-state index contributed by atoms with van der Waals surface area (Å²) in [6.07, 6.45) is 2.69. The molecule has 1 amide bonds. The van der Waals surface area contributed by atoms with Gasteiger partial charge in [0, 0.05) is 42.1 Å². The first-order chi connectivity index (χ1) is 9.58. The number of nitrogens with one attached hydrogen (secondary N) is 1. The van der Waals surface area contributed by atoms with Gasteiger partial charge in [-0.05, 0) is 38.0 Å². The predicted octanol–water partition coefficient (Wildman–Crippen LogP) is 3.25. The minimum atomic E-state index is -0.223. The summed E-state index contributed by atoms with van der Waals surface area (Å²) < 4.78 is 14.6. The first kappa shape index (κ1) is 15.4. The topological polar surface area (TPSA) is 32.3 Å². The summed E-state index contributed by atoms with van der Waals surface area (Å²) >= 11 is 3.35. The number of halogens is 2. The molecule has 2 rings (SSSR count). The lowest BCUT2D eigenvalue weighted by atomic mass is 10.1. The molecular weight excluding hydrogens is 323 g/mol. The van der Waals surface area contributed by atoms with Crippen LogP contribution in [0.4, 0.5) is 4.39 Å². The summed E-state index contributed by atoms with van der Waals surface area (Å²) in [6.45, 7) is 4.25. The zero-order valence-corrected chi connectivity index (χ0v) is 13.2. The van der Waals surface area contributed by atoms with Crippen molar-refractivity contribution in [1.82, 2.24) is 10.2 Å². The average molecular weight is 343 g/mol. The number of benzene rings is 1. The third kappa shape index (κ3) is 4.03. The van der Waals surface area contributed by atoms with Gasteiger partial charge < -0.3 is 10.2 Å². The molecule has 0 radical (unpaired) electrons. The molecule has 1 aliphatic rings. The van der Waals surface area contributed by atoms with Gasteiger partial charge in [-0.25, -0.2) is 4.39 Å². The van der Waals surface area contributed by atoms with Gasteiger partial charge in [0.1, 0.15) is 5.82 Å². The van der Waals surface area contributed by atoms with Crippen LogP contribution in [0.15, 0.2) is 22.7 Å². The quantitative estimate of drug-likeness (QED) is 0.890. The largest absolute Gasteiger partial charge is 0.343 e. The van der Waals surface area contributed by atoms with Crippen molar-refractivity contribution in [2.45, 2.75) is 32.2 Å². The fourth-order valence-electron chi connectivity index (χ4n) is 2.48. The van der Waals surface area contributed by atoms with Crippen molar-refractivity contribution in [1.29, 1.82) is 0 Å². The molecule has 1 fully saturated rings. The van der Waals surface area contributed by atoms with Crippen molar-refractivity contribution >= 4 is 21.8 Å². The molecule has 1 aliphatic heterocycles. The SMILES string of the molecule is CC(NCCC(=O)N1CCCC1)c1cc(Br)ccc1F. The highest BCUT2D eigenvalue weighted by Crippen LogP contribution is 2.21. The molecule has 1 atom stereocenters. The second kappa shape index (κ2) is 7.18. The van der Waals surface area contributed by atoms with E-state index in [1.54, 1.807) is 12.1 Å². The van der Waals surface area contributed by atoms with E-state index in [0.29, 0.717) is 18.5 Å². The number of hydrogen-bond acceptors (Lipinski definition) is 2. The third-order valence-corrected chi connectivity index (χ3v) is 4.17. The smallest absolute Gasteiger partial charge is 0.223 e. The Morgan fingerprint density at radius 3 is 2.85 bits per heavy atom. The Bertz CT molecular complexity index is 475. The van der Waals surface area contributed by atoms with Crippen LogP contribution in [0.25, 0.3) is 0 Å². The van der Waals surface area contributed by atoms with E-state index >= 15 is 0 Å². The lowest BCUT2D eigenvalue weighted by Crippen LogP contribution is -2.31. The van der Waals surface area contributed by atoms with Gasteiger partial charge >= 0.3 is 0 Å². The zero-order valence-electron chi connectivity index (χ0n) is 11.7. The molecule has 1 unspecified atom stereocenters. The Balaban J connectivity index is 1.81. The molecule has 1 saturated heterocycles. The van der Waals surface area contributed by atoms with Crippen molar-refractivity contribution in [3.8, 4) is 0 Å². The van der Waals surface area contributed by atoms with Crippen LogP contribution in [0.2, 0.25) is 0 Å². The van der Waals surface area contributed by atoms with Crippen molar-refractivity contribution in [2.75, 3.05) is 19.6 Å². The number of amides is 1. The van der Waals surface area contributed by atoms with Crippen LogP contribution in [0, 0.1) is 5.82 Å². The van der Waals surface area contributed by atoms with Crippen LogP contribution in [0.3, 0.4) is 0 Å². The minimum absolute atomic E-state index is 0.112. The molecule has 0 spiro atoms. The van der Waals surface area contributed by atoms with Crippen LogP contribution in [0.1, 0.15) is 37.8 Å². The van der Waals surface area contributed by atoms with Gasteiger partial charge in [-0.15, -0.1) is 0 Å². The van der Waals surface area contributed by atoms with Crippen molar-refractivity contribution in [3.05, 3.63) is 34.1 Å². The molecule has 1 aromatic rings. The van der Waals surface area contributed by atoms with E-state index in [-0.39, 0.29) is 17.8 Å². The van der Waals surface area contributed by atoms with Crippen LogP contribution in [-0.4, -0.2) is 30.4 Å². The summed E-state index contributed by atoms with van der Waals surface area (Å²) in [5.74, 6) is -0.0315. The standard InChI is InChI=1S/C15H20BrFN2O/c1-11(13-10-12(16)4-5-14(13)17)18-7-6-15(20)19-8-2-3-9-19/h4-5,10-11,18H,2-3,6-9H2,1H3. The molecule has 0 bridgehead atoms. The lowest BCUT2D eigenvalue weighted by molar-refractivity contribution is -0.130. The second-order valence-corrected chi connectivity index (χ2v) is 6.10. The summed E-state index contributed by atoms with van der Waals surface area (Å²) in [4.78, 5) is 13.8. The monoisotopic (exact) mass is 342 g/mol. The molecule has 110 valence electrons. The van der Waals surface area contributed by atoms with Crippen LogP contribution in [-0.2, 0) is 4.79 Å². The van der Waals surface area contributed by atoms with Gasteiger partial charge in [0.15, 0.2) is 0 Å². The van der Waals surface area contributed by atoms with E-state index in [1.165, 1.54) is 6.07 Å². The molecule has 3 nitrogen and oxygen atoms in total. The van der Waals surface area contributed by atoms with E-state index in [0.717, 1.165) is 30.4 Å². The molecule has 0 saturated carbocycles. The fraction of sp³-hybridized carbons (Fsp3) is 0.533. The predicted molar refractivity (Wildman–Crippen MR) is 80.9 cm³/mol. The first-order valence-electron chi connectivity index (χ1n) is 7.04. The second-order valence-electron chi connectivity index (χ2n) is 5.18. The van der Waals surface area contributed by atoms with Gasteiger partial charge in [0.25, 0.3) is 0 Å². The number of nitrogens with zero attached hydrogens (tertiary/aromatic N) is 1. The summed E-state index contributed by atoms with van der Waals surface area (Å²) in [6, 6.07) is 4.80. The van der Waals surface area contributed by atoms with Gasteiger partial charge in [-0.1, -0.05) is 15.9 Å². The highest BCUT2D eigenvalue weighted by atomic mass is 79.9. The van der Waals surface area contributed by atoms with E-state index in [1.807, 2.05) is 11.8 Å². The molecule has 0 aromatic heterocycles. The Morgan fingerprint density at radius 2 is 2.15 bits per heavy atom. The molecule has 20 heavy (non-hydrogen) atoms. The normalized spacial score (nSPS) is 16.4. The molecule has 1 heterocycles. The van der Waals surface area contributed by atoms with Gasteiger partial charge in [-0.3, -0.25) is 4.79 Å². The van der Waals surface area contributed by atoms with E-state index in [4.69, 9.17) is 0 Å². The summed E-state index contributed by atoms with van der Waals surface area (Å²) in [5.41, 5.74) is 0.619. The van der Waals surface area contributed by atoms with Gasteiger partial charge in [0.05, 0.1) is 0 Å². The minimum Gasteiger partial charge on any atom is -0.343 e. The van der Waals surface area contributed by atoms with Crippen LogP contribution < -0.4 is 5.32 Å². The highest BCUT2D eigenvalue weighted by molar-refractivity contribution is 9.10. The number of hydrogen-bond donors (Lipinski definition) is 1. The first-order valence-corrected chi connectivity index (χ1v) is 7.83. The molecule has 1 aromatic carbocycles. The highest BCUT2D eigenvalue weighted by Gasteiger charge is 2.18. The number of carbonyl (C=O) groups is 1. The Morgan fingerprint density at radius 1 is 1.45 bits per heavy atom. The Kier molecular flexibility index (Phi) is 5.54. The van der Waals surface area contributed by atoms with Crippen LogP contribution in [0.5, 0.6) is 0 Å². The van der Waals surface area contributed by atoms with Crippen molar-refractivity contribution < 1.29 is 9.18 Å². The molecule has 0 aliphatic carbocycles. The van der Waals surface area contributed by atoms with E-state index in [2.05, 4.69) is 21.2 Å². The van der Waals surface area contributed by atoms with E-state index in [9.17, 15) is 9.18 Å². The fourth-order valence-corrected chi connectivity index (χ4v) is 2.86. The number of rotatable bonds is 5. The van der Waals surface area contributed by atoms with Crippen LogP contribution >= 0.6 is 15.9 Å². The number of likely N-dealkylation sites (tertiary alicyclic amines) is 1. The zero-order chi connectivity index (χ0) is 14.5. The maximum absolute atomic E-state index is 13.7. The maximum Gasteiger partial charge on any atom is 0.223 e. The average Bonchev–Trinajstić information content (AvgIpc) is 2.95. The van der Waals surface area contributed by atoms with E-state index < -0.39 is 0 Å². The summed E-state index contributed by atoms with van der Waals surface area (Å²) in [7, 11) is 0. The van der Waals surface area contributed by atoms with Crippen molar-refractivity contribution in [2.24, 2.45) is 0 Å². The van der Waals surface area contributed by atoms with Gasteiger partial charge in [-0.2, -0.15) is 0 Å². The molecule has 5 heteroatoms.